The quantitative estimate of drug-likeness (QED) is 0.850. The zero-order valence-corrected chi connectivity index (χ0v) is 10.1. The van der Waals surface area contributed by atoms with E-state index in [-0.39, 0.29) is 10.5 Å². The van der Waals surface area contributed by atoms with Crippen LogP contribution in [0.5, 0.6) is 0 Å². The van der Waals surface area contributed by atoms with E-state index in [0.29, 0.717) is 6.61 Å². The molecule has 1 saturated heterocycles. The summed E-state index contributed by atoms with van der Waals surface area (Å²) in [5.74, 6) is -0.920. The van der Waals surface area contributed by atoms with Crippen molar-refractivity contribution in [1.29, 1.82) is 0 Å². The molecule has 0 unspecified atom stereocenters. The van der Waals surface area contributed by atoms with Gasteiger partial charge in [-0.2, -0.15) is 0 Å². The monoisotopic (exact) mass is 242 g/mol. The van der Waals surface area contributed by atoms with Crippen molar-refractivity contribution < 1.29 is 14.6 Å². The first-order valence-corrected chi connectivity index (χ1v) is 5.88. The Kier molecular flexibility index (Phi) is 2.86. The number of thiazole rings is 1. The predicted octanol–water partition coefficient (Wildman–Crippen LogP) is 1.46. The Bertz CT molecular complexity index is 403. The second-order valence-electron chi connectivity index (χ2n) is 4.34. The summed E-state index contributed by atoms with van der Waals surface area (Å²) in [6, 6.07) is 0. The number of carboxylic acid groups (broad SMARTS) is 1. The van der Waals surface area contributed by atoms with Crippen LogP contribution in [0.25, 0.3) is 0 Å². The number of hydrogen-bond acceptors (Lipinski definition) is 5. The highest BCUT2D eigenvalue weighted by Crippen LogP contribution is 2.27. The molecule has 2 heterocycles. The van der Waals surface area contributed by atoms with Crippen LogP contribution in [-0.4, -0.2) is 41.4 Å². The molecule has 0 spiro atoms. The third-order valence-corrected chi connectivity index (χ3v) is 3.45. The van der Waals surface area contributed by atoms with Crippen molar-refractivity contribution in [3.8, 4) is 0 Å². The molecular weight excluding hydrogens is 228 g/mol. The second kappa shape index (κ2) is 4.03. The molecule has 0 aromatic carbocycles. The average molecular weight is 242 g/mol. The Balaban J connectivity index is 2.14. The van der Waals surface area contributed by atoms with E-state index in [2.05, 4.69) is 9.88 Å². The van der Waals surface area contributed by atoms with Gasteiger partial charge in [-0.05, 0) is 13.8 Å². The van der Waals surface area contributed by atoms with Crippen LogP contribution in [0.4, 0.5) is 5.13 Å². The van der Waals surface area contributed by atoms with Gasteiger partial charge in [-0.1, -0.05) is 11.3 Å². The minimum Gasteiger partial charge on any atom is -0.477 e. The van der Waals surface area contributed by atoms with E-state index in [4.69, 9.17) is 9.84 Å². The molecule has 1 aliphatic rings. The minimum atomic E-state index is -0.920. The van der Waals surface area contributed by atoms with Gasteiger partial charge < -0.3 is 14.7 Å². The second-order valence-corrected chi connectivity index (χ2v) is 5.35. The lowest BCUT2D eigenvalue weighted by atomic mass is 10.1. The fourth-order valence-corrected chi connectivity index (χ4v) is 2.47. The largest absolute Gasteiger partial charge is 0.477 e. The number of carbonyl (C=O) groups is 1. The zero-order chi connectivity index (χ0) is 11.8. The molecule has 0 bridgehead atoms. The molecule has 1 N–H and O–H groups in total. The van der Waals surface area contributed by atoms with Gasteiger partial charge in [0.25, 0.3) is 0 Å². The van der Waals surface area contributed by atoms with E-state index in [1.165, 1.54) is 17.5 Å². The Morgan fingerprint density at radius 3 is 3.00 bits per heavy atom. The van der Waals surface area contributed by atoms with Gasteiger partial charge in [0.15, 0.2) is 5.13 Å². The van der Waals surface area contributed by atoms with Crippen molar-refractivity contribution in [2.24, 2.45) is 0 Å². The number of carboxylic acids is 1. The highest BCUT2D eigenvalue weighted by Gasteiger charge is 2.28. The number of aromatic carboxylic acids is 1. The zero-order valence-electron chi connectivity index (χ0n) is 9.27. The van der Waals surface area contributed by atoms with Gasteiger partial charge in [0.05, 0.1) is 18.4 Å². The number of morpholine rings is 1. The molecule has 5 nitrogen and oxygen atoms in total. The maximum absolute atomic E-state index is 10.8. The third-order valence-electron chi connectivity index (χ3n) is 2.40. The van der Waals surface area contributed by atoms with Crippen molar-refractivity contribution in [1.82, 2.24) is 4.98 Å². The van der Waals surface area contributed by atoms with E-state index in [0.717, 1.165) is 18.2 Å². The molecule has 0 atom stereocenters. The van der Waals surface area contributed by atoms with Crippen LogP contribution in [0.1, 0.15) is 23.5 Å². The summed E-state index contributed by atoms with van der Waals surface area (Å²) in [6.07, 6.45) is 1.41. The number of anilines is 1. The van der Waals surface area contributed by atoms with Gasteiger partial charge in [-0.15, -0.1) is 0 Å². The molecule has 0 aliphatic carbocycles. The van der Waals surface area contributed by atoms with E-state index < -0.39 is 5.97 Å². The van der Waals surface area contributed by atoms with Gasteiger partial charge in [0.2, 0.25) is 0 Å². The molecule has 0 saturated carbocycles. The summed E-state index contributed by atoms with van der Waals surface area (Å²) in [5, 5.41) is 9.58. The highest BCUT2D eigenvalue weighted by molar-refractivity contribution is 7.17. The van der Waals surface area contributed by atoms with Gasteiger partial charge in [0.1, 0.15) is 4.88 Å². The maximum atomic E-state index is 10.8. The van der Waals surface area contributed by atoms with Gasteiger partial charge in [-0.3, -0.25) is 0 Å². The first kappa shape index (κ1) is 11.3. The van der Waals surface area contributed by atoms with E-state index in [1.807, 2.05) is 13.8 Å². The fourth-order valence-electron chi connectivity index (χ4n) is 1.69. The van der Waals surface area contributed by atoms with Crippen molar-refractivity contribution in [2.45, 2.75) is 19.4 Å². The normalized spacial score (nSPS) is 19.8. The van der Waals surface area contributed by atoms with Crippen LogP contribution < -0.4 is 4.90 Å². The summed E-state index contributed by atoms with van der Waals surface area (Å²) in [6.45, 7) is 6.18. The lowest BCUT2D eigenvalue weighted by Gasteiger charge is -2.37. The Morgan fingerprint density at radius 2 is 2.44 bits per heavy atom. The fraction of sp³-hybridized carbons (Fsp3) is 0.600. The van der Waals surface area contributed by atoms with Crippen molar-refractivity contribution in [3.63, 3.8) is 0 Å². The average Bonchev–Trinajstić information content (AvgIpc) is 2.64. The summed E-state index contributed by atoms with van der Waals surface area (Å²) in [7, 11) is 0. The summed E-state index contributed by atoms with van der Waals surface area (Å²) in [5.41, 5.74) is -0.201. The van der Waals surface area contributed by atoms with Crippen LogP contribution in [0, 0.1) is 0 Å². The van der Waals surface area contributed by atoms with E-state index >= 15 is 0 Å². The molecular formula is C10H14N2O3S. The number of rotatable bonds is 2. The molecule has 1 fully saturated rings. The van der Waals surface area contributed by atoms with Crippen LogP contribution in [-0.2, 0) is 4.74 Å². The highest BCUT2D eigenvalue weighted by atomic mass is 32.1. The molecule has 16 heavy (non-hydrogen) atoms. The van der Waals surface area contributed by atoms with Crippen LogP contribution in [0.3, 0.4) is 0 Å². The topological polar surface area (TPSA) is 62.7 Å². The first-order chi connectivity index (χ1) is 7.48. The summed E-state index contributed by atoms with van der Waals surface area (Å²) in [4.78, 5) is 17.2. The number of aromatic nitrogens is 1. The SMILES string of the molecule is CC1(C)CN(c2ncc(C(=O)O)s2)CCO1. The number of hydrogen-bond donors (Lipinski definition) is 1. The van der Waals surface area contributed by atoms with Crippen molar-refractivity contribution in [3.05, 3.63) is 11.1 Å². The standard InChI is InChI=1S/C10H14N2O3S/c1-10(2)6-12(3-4-15-10)9-11-5-7(16-9)8(13)14/h5H,3-4,6H2,1-2H3,(H,13,14). The first-order valence-electron chi connectivity index (χ1n) is 5.06. The molecule has 2 rings (SSSR count). The third kappa shape index (κ3) is 2.33. The summed E-state index contributed by atoms with van der Waals surface area (Å²) < 4.78 is 5.59. The van der Waals surface area contributed by atoms with Gasteiger partial charge >= 0.3 is 5.97 Å². The number of ether oxygens (including phenoxy) is 1. The van der Waals surface area contributed by atoms with Crippen LogP contribution >= 0.6 is 11.3 Å². The lowest BCUT2D eigenvalue weighted by Crippen LogP contribution is -2.48. The molecule has 1 aromatic heterocycles. The molecule has 88 valence electrons. The molecule has 1 aromatic rings. The molecule has 0 radical (unpaired) electrons. The van der Waals surface area contributed by atoms with Crippen LogP contribution in [0.2, 0.25) is 0 Å². The lowest BCUT2D eigenvalue weighted by molar-refractivity contribution is -0.0277. The Morgan fingerprint density at radius 1 is 1.69 bits per heavy atom. The molecule has 6 heteroatoms. The van der Waals surface area contributed by atoms with Crippen molar-refractivity contribution in [2.75, 3.05) is 24.6 Å². The Labute approximate surface area is 97.7 Å². The maximum Gasteiger partial charge on any atom is 0.347 e. The van der Waals surface area contributed by atoms with Gasteiger partial charge in [-0.25, -0.2) is 9.78 Å². The number of nitrogens with zero attached hydrogens (tertiary/aromatic N) is 2. The van der Waals surface area contributed by atoms with Gasteiger partial charge in [0, 0.05) is 13.1 Å². The minimum absolute atomic E-state index is 0.201. The predicted molar refractivity (Wildman–Crippen MR) is 61.3 cm³/mol. The van der Waals surface area contributed by atoms with Crippen molar-refractivity contribution >= 4 is 22.4 Å². The smallest absolute Gasteiger partial charge is 0.347 e. The van der Waals surface area contributed by atoms with E-state index in [9.17, 15) is 4.79 Å². The summed E-state index contributed by atoms with van der Waals surface area (Å²) >= 11 is 1.21. The molecule has 1 aliphatic heterocycles. The Hall–Kier alpha value is -1.14. The molecule has 0 amide bonds. The van der Waals surface area contributed by atoms with Crippen LogP contribution in [0.15, 0.2) is 6.20 Å². The van der Waals surface area contributed by atoms with E-state index in [1.54, 1.807) is 0 Å².